The minimum Gasteiger partial charge on any atom is -0.494 e. The maximum absolute atomic E-state index is 13.9. The maximum atomic E-state index is 13.9. The molecule has 30 heavy (non-hydrogen) atoms. The van der Waals surface area contributed by atoms with Gasteiger partial charge in [-0.3, -0.25) is 9.59 Å². The number of methoxy groups -OCH3 is 1. The van der Waals surface area contributed by atoms with E-state index < -0.39 is 5.82 Å². The fourth-order valence-electron chi connectivity index (χ4n) is 3.64. The van der Waals surface area contributed by atoms with Gasteiger partial charge in [-0.25, -0.2) is 14.4 Å². The number of piperidine rings is 1. The highest BCUT2D eigenvalue weighted by molar-refractivity contribution is 7.13. The van der Waals surface area contributed by atoms with Crippen molar-refractivity contribution in [3.8, 4) is 16.5 Å². The van der Waals surface area contributed by atoms with E-state index in [1.807, 2.05) is 5.38 Å². The third-order valence-electron chi connectivity index (χ3n) is 5.22. The molecule has 0 atom stereocenters. The molecule has 0 unspecified atom stereocenters. The van der Waals surface area contributed by atoms with Gasteiger partial charge in [-0.1, -0.05) is 6.07 Å². The van der Waals surface area contributed by atoms with E-state index in [9.17, 15) is 14.0 Å². The second-order valence-electron chi connectivity index (χ2n) is 7.15. The van der Waals surface area contributed by atoms with Crippen molar-refractivity contribution in [1.82, 2.24) is 19.9 Å². The molecule has 3 heterocycles. The van der Waals surface area contributed by atoms with Gasteiger partial charge in [0.1, 0.15) is 16.5 Å². The lowest BCUT2D eigenvalue weighted by Gasteiger charge is -2.31. The summed E-state index contributed by atoms with van der Waals surface area (Å²) in [6.07, 6.45) is 3.22. The highest BCUT2D eigenvalue weighted by Gasteiger charge is 2.26. The first-order valence-corrected chi connectivity index (χ1v) is 10.5. The first-order valence-electron chi connectivity index (χ1n) is 9.65. The van der Waals surface area contributed by atoms with Gasteiger partial charge in [0.05, 0.1) is 13.5 Å². The minimum atomic E-state index is -0.475. The Bertz CT molecular complexity index is 1090. The van der Waals surface area contributed by atoms with Crippen LogP contribution in [0.4, 0.5) is 4.39 Å². The number of hydrogen-bond donors (Lipinski definition) is 1. The van der Waals surface area contributed by atoms with Crippen molar-refractivity contribution < 1.29 is 13.9 Å². The van der Waals surface area contributed by atoms with Crippen molar-refractivity contribution in [2.24, 2.45) is 0 Å². The molecule has 1 saturated heterocycles. The Morgan fingerprint density at radius 2 is 2.13 bits per heavy atom. The summed E-state index contributed by atoms with van der Waals surface area (Å²) >= 11 is 1.43. The second-order valence-corrected chi connectivity index (χ2v) is 8.05. The number of aromatic nitrogens is 3. The van der Waals surface area contributed by atoms with E-state index >= 15 is 0 Å². The van der Waals surface area contributed by atoms with Crippen LogP contribution in [0.25, 0.3) is 10.7 Å². The topological polar surface area (TPSA) is 88.2 Å². The first-order chi connectivity index (χ1) is 14.5. The molecular weight excluding hydrogens is 407 g/mol. The standard InChI is InChI=1S/C21H21FN4O3S/c1-29-17-3-2-13(10-15(17)22)11-19(28)26-7-4-14(5-8-26)20-24-16(12-18(27)25-20)21-23-6-9-30-21/h2-3,6,9-10,12,14H,4-5,7-8,11H2,1H3,(H,24,25,27). The van der Waals surface area contributed by atoms with Crippen LogP contribution < -0.4 is 10.3 Å². The van der Waals surface area contributed by atoms with Gasteiger partial charge < -0.3 is 14.6 Å². The molecular formula is C21H21FN4O3S. The number of likely N-dealkylation sites (tertiary alicyclic amines) is 1. The molecule has 4 rings (SSSR count). The molecule has 0 aliphatic carbocycles. The highest BCUT2D eigenvalue weighted by atomic mass is 32.1. The number of nitrogens with one attached hydrogen (secondary N) is 1. The van der Waals surface area contributed by atoms with Crippen LogP contribution in [-0.4, -0.2) is 46.0 Å². The summed E-state index contributed by atoms with van der Waals surface area (Å²) in [6.45, 7) is 1.13. The van der Waals surface area contributed by atoms with Gasteiger partial charge in [0.25, 0.3) is 5.56 Å². The molecule has 0 spiro atoms. The van der Waals surface area contributed by atoms with Crippen LogP contribution in [0.5, 0.6) is 5.75 Å². The van der Waals surface area contributed by atoms with Crippen molar-refractivity contribution in [1.29, 1.82) is 0 Å². The number of halogens is 1. The lowest BCUT2D eigenvalue weighted by molar-refractivity contribution is -0.131. The molecule has 0 saturated carbocycles. The second kappa shape index (κ2) is 8.74. The number of H-pyrrole nitrogens is 1. The maximum Gasteiger partial charge on any atom is 0.251 e. The van der Waals surface area contributed by atoms with E-state index in [0.717, 1.165) is 0 Å². The van der Waals surface area contributed by atoms with E-state index in [2.05, 4.69) is 15.0 Å². The summed E-state index contributed by atoms with van der Waals surface area (Å²) in [5.41, 5.74) is 0.983. The zero-order valence-corrected chi connectivity index (χ0v) is 17.2. The Morgan fingerprint density at radius 1 is 1.33 bits per heavy atom. The fraction of sp³-hybridized carbons (Fsp3) is 0.333. The molecule has 0 radical (unpaired) electrons. The Hall–Kier alpha value is -3.07. The van der Waals surface area contributed by atoms with Gasteiger partial charge >= 0.3 is 0 Å². The van der Waals surface area contributed by atoms with Gasteiger partial charge in [0.15, 0.2) is 11.6 Å². The molecule has 3 aromatic rings. The average molecular weight is 428 g/mol. The molecule has 156 valence electrons. The van der Waals surface area contributed by atoms with Crippen LogP contribution >= 0.6 is 11.3 Å². The van der Waals surface area contributed by atoms with E-state index in [1.54, 1.807) is 17.2 Å². The fourth-order valence-corrected chi connectivity index (χ4v) is 4.24. The van der Waals surface area contributed by atoms with Crippen molar-refractivity contribution in [3.05, 3.63) is 63.4 Å². The molecule has 1 N–H and O–H groups in total. The van der Waals surface area contributed by atoms with Crippen molar-refractivity contribution in [3.63, 3.8) is 0 Å². The van der Waals surface area contributed by atoms with Gasteiger partial charge in [-0.05, 0) is 30.5 Å². The molecule has 1 aliphatic rings. The average Bonchev–Trinajstić information content (AvgIpc) is 3.29. The van der Waals surface area contributed by atoms with E-state index in [-0.39, 0.29) is 29.6 Å². The number of nitrogens with zero attached hydrogens (tertiary/aromatic N) is 3. The SMILES string of the molecule is COc1ccc(CC(=O)N2CCC(c3nc(-c4nccs4)cc(=O)[nH]3)CC2)cc1F. The van der Waals surface area contributed by atoms with Gasteiger partial charge in [0, 0.05) is 36.7 Å². The number of aromatic amines is 1. The molecule has 2 aromatic heterocycles. The Labute approximate surface area is 176 Å². The predicted octanol–water partition coefficient (Wildman–Crippen LogP) is 2.99. The van der Waals surface area contributed by atoms with E-state index in [4.69, 9.17) is 4.74 Å². The van der Waals surface area contributed by atoms with Crippen LogP contribution in [0.2, 0.25) is 0 Å². The van der Waals surface area contributed by atoms with E-state index in [0.29, 0.717) is 48.0 Å². The summed E-state index contributed by atoms with van der Waals surface area (Å²) in [5, 5.41) is 2.55. The van der Waals surface area contributed by atoms with Gasteiger partial charge in [0.2, 0.25) is 5.91 Å². The van der Waals surface area contributed by atoms with Crippen LogP contribution in [0.1, 0.15) is 30.1 Å². The zero-order valence-electron chi connectivity index (χ0n) is 16.4. The Balaban J connectivity index is 1.40. The molecule has 0 bridgehead atoms. The van der Waals surface area contributed by atoms with Crippen LogP contribution in [-0.2, 0) is 11.2 Å². The first kappa shape index (κ1) is 20.2. The molecule has 1 fully saturated rings. The minimum absolute atomic E-state index is 0.0454. The molecule has 1 aromatic carbocycles. The van der Waals surface area contributed by atoms with Gasteiger partial charge in [-0.2, -0.15) is 0 Å². The largest absolute Gasteiger partial charge is 0.494 e. The number of hydrogen-bond acceptors (Lipinski definition) is 6. The number of ether oxygens (including phenoxy) is 1. The van der Waals surface area contributed by atoms with Crippen molar-refractivity contribution >= 4 is 17.2 Å². The summed E-state index contributed by atoms with van der Waals surface area (Å²) in [5.74, 6) is 0.346. The lowest BCUT2D eigenvalue weighted by atomic mass is 9.95. The molecule has 7 nitrogen and oxygen atoms in total. The normalized spacial score (nSPS) is 14.7. The number of carbonyl (C=O) groups is 1. The summed E-state index contributed by atoms with van der Waals surface area (Å²) in [4.78, 5) is 38.1. The quantitative estimate of drug-likeness (QED) is 0.675. The van der Waals surface area contributed by atoms with Crippen molar-refractivity contribution in [2.45, 2.75) is 25.2 Å². The number of rotatable bonds is 5. The van der Waals surface area contributed by atoms with Crippen molar-refractivity contribution in [2.75, 3.05) is 20.2 Å². The smallest absolute Gasteiger partial charge is 0.251 e. The van der Waals surface area contributed by atoms with Crippen LogP contribution in [0.3, 0.4) is 0 Å². The molecule has 1 aliphatic heterocycles. The van der Waals surface area contributed by atoms with Crippen LogP contribution in [0, 0.1) is 5.82 Å². The Kier molecular flexibility index (Phi) is 5.89. The van der Waals surface area contributed by atoms with E-state index in [1.165, 1.54) is 36.6 Å². The monoisotopic (exact) mass is 428 g/mol. The highest BCUT2D eigenvalue weighted by Crippen LogP contribution is 2.27. The number of thiazole rings is 1. The predicted molar refractivity (Wildman–Crippen MR) is 111 cm³/mol. The Morgan fingerprint density at radius 3 is 2.80 bits per heavy atom. The summed E-state index contributed by atoms with van der Waals surface area (Å²) in [7, 11) is 1.40. The number of amides is 1. The van der Waals surface area contributed by atoms with Crippen LogP contribution in [0.15, 0.2) is 40.6 Å². The summed E-state index contributed by atoms with van der Waals surface area (Å²) < 4.78 is 18.8. The summed E-state index contributed by atoms with van der Waals surface area (Å²) in [6, 6.07) is 6.02. The third kappa shape index (κ3) is 4.40. The molecule has 1 amide bonds. The lowest BCUT2D eigenvalue weighted by Crippen LogP contribution is -2.39. The molecule has 9 heteroatoms. The number of benzene rings is 1. The van der Waals surface area contributed by atoms with Gasteiger partial charge in [-0.15, -0.1) is 11.3 Å². The third-order valence-corrected chi connectivity index (χ3v) is 6.01. The zero-order chi connectivity index (χ0) is 21.1. The number of carbonyl (C=O) groups excluding carboxylic acids is 1.